The highest BCUT2D eigenvalue weighted by molar-refractivity contribution is 6.30. The van der Waals surface area contributed by atoms with Gasteiger partial charge in [0.05, 0.1) is 13.3 Å². The van der Waals surface area contributed by atoms with E-state index < -0.39 is 11.0 Å². The summed E-state index contributed by atoms with van der Waals surface area (Å²) in [5.41, 5.74) is 1.31. The second-order valence-electron chi connectivity index (χ2n) is 6.95. The molecule has 0 saturated carbocycles. The number of imidazole rings is 1. The van der Waals surface area contributed by atoms with Gasteiger partial charge in [-0.25, -0.2) is 4.79 Å². The summed E-state index contributed by atoms with van der Waals surface area (Å²) in [7, 11) is 1.36. The maximum atomic E-state index is 12.5. The monoisotopic (exact) mass is 429 g/mol. The fraction of sp³-hybridized carbons (Fsp3) is 0.300. The quantitative estimate of drug-likeness (QED) is 0.349. The summed E-state index contributed by atoms with van der Waals surface area (Å²) < 4.78 is 6.50. The second-order valence-corrected chi connectivity index (χ2v) is 7.38. The van der Waals surface area contributed by atoms with Gasteiger partial charge in [-0.15, -0.1) is 0 Å². The van der Waals surface area contributed by atoms with Gasteiger partial charge in [-0.2, -0.15) is 9.38 Å². The number of halogens is 1. The Bertz CT molecular complexity index is 1080. The summed E-state index contributed by atoms with van der Waals surface area (Å²) in [5, 5.41) is 12.3. The highest BCUT2D eigenvalue weighted by Gasteiger charge is 2.34. The molecule has 0 N–H and O–H groups in total. The number of rotatable bonds is 5. The van der Waals surface area contributed by atoms with Gasteiger partial charge in [0.25, 0.3) is 0 Å². The summed E-state index contributed by atoms with van der Waals surface area (Å²) in [6, 6.07) is 11.8. The molecule has 1 aliphatic heterocycles. The summed E-state index contributed by atoms with van der Waals surface area (Å²) in [6.07, 6.45) is 1.63. The van der Waals surface area contributed by atoms with E-state index in [1.165, 1.54) is 11.5 Å². The molecule has 0 spiro atoms. The number of methoxy groups -OCH3 is 1. The molecule has 3 heterocycles. The van der Waals surface area contributed by atoms with Crippen LogP contribution in [0.1, 0.15) is 11.6 Å². The van der Waals surface area contributed by atoms with Crippen LogP contribution in [0.15, 0.2) is 48.7 Å². The van der Waals surface area contributed by atoms with E-state index in [0.717, 1.165) is 5.56 Å². The molecule has 4 rings (SSSR count). The molecule has 30 heavy (non-hydrogen) atoms. The SMILES string of the molecule is COC(=O)C(c1ccc(Cl)cc1)N1CCN(c2nc3ccccn3c2[N+](=O)[O-])CC1. The number of benzene rings is 1. The predicted octanol–water partition coefficient (Wildman–Crippen LogP) is 2.93. The van der Waals surface area contributed by atoms with Gasteiger partial charge in [-0.05, 0) is 28.7 Å². The number of nitrogens with zero attached hydrogens (tertiary/aromatic N) is 5. The van der Waals surface area contributed by atoms with Crippen LogP contribution in [0.3, 0.4) is 0 Å². The molecule has 1 unspecified atom stereocenters. The van der Waals surface area contributed by atoms with Gasteiger partial charge < -0.3 is 19.8 Å². The number of fused-ring (bicyclic) bond motifs is 1. The molecule has 1 aromatic carbocycles. The average molecular weight is 430 g/mol. The normalized spacial score (nSPS) is 15.9. The van der Waals surface area contributed by atoms with E-state index in [1.54, 1.807) is 36.5 Å². The third-order valence-electron chi connectivity index (χ3n) is 5.25. The van der Waals surface area contributed by atoms with Crippen LogP contribution in [0.4, 0.5) is 11.6 Å². The van der Waals surface area contributed by atoms with Crippen LogP contribution in [-0.2, 0) is 9.53 Å². The zero-order valence-electron chi connectivity index (χ0n) is 16.3. The van der Waals surface area contributed by atoms with Crippen LogP contribution in [0, 0.1) is 10.1 Å². The maximum Gasteiger partial charge on any atom is 0.372 e. The van der Waals surface area contributed by atoms with Crippen molar-refractivity contribution in [2.75, 3.05) is 38.2 Å². The Balaban J connectivity index is 1.58. The smallest absolute Gasteiger partial charge is 0.372 e. The molecule has 3 aromatic rings. The number of pyridine rings is 1. The Morgan fingerprint density at radius 2 is 1.87 bits per heavy atom. The number of hydrogen-bond donors (Lipinski definition) is 0. The fourth-order valence-corrected chi connectivity index (χ4v) is 3.92. The van der Waals surface area contributed by atoms with Crippen LogP contribution in [0.25, 0.3) is 5.65 Å². The van der Waals surface area contributed by atoms with Gasteiger partial charge in [0.1, 0.15) is 6.04 Å². The molecule has 0 radical (unpaired) electrons. The molecule has 1 aliphatic rings. The zero-order valence-corrected chi connectivity index (χ0v) is 17.0. The summed E-state index contributed by atoms with van der Waals surface area (Å²) in [4.78, 5) is 32.1. The van der Waals surface area contributed by atoms with E-state index in [9.17, 15) is 14.9 Å². The molecule has 2 aromatic heterocycles. The van der Waals surface area contributed by atoms with Crippen LogP contribution >= 0.6 is 11.6 Å². The summed E-state index contributed by atoms with van der Waals surface area (Å²) >= 11 is 5.98. The van der Waals surface area contributed by atoms with Crippen molar-refractivity contribution in [2.45, 2.75) is 6.04 Å². The van der Waals surface area contributed by atoms with E-state index in [-0.39, 0.29) is 11.8 Å². The fourth-order valence-electron chi connectivity index (χ4n) is 3.80. The lowest BCUT2D eigenvalue weighted by Crippen LogP contribution is -2.49. The third kappa shape index (κ3) is 3.69. The number of nitro groups is 1. The minimum atomic E-state index is -0.564. The zero-order chi connectivity index (χ0) is 21.3. The molecule has 10 heteroatoms. The van der Waals surface area contributed by atoms with Crippen LogP contribution < -0.4 is 4.90 Å². The number of piperazine rings is 1. The Labute approximate surface area is 177 Å². The van der Waals surface area contributed by atoms with Gasteiger partial charge in [0.15, 0.2) is 0 Å². The first-order valence-corrected chi connectivity index (χ1v) is 9.81. The number of carbonyl (C=O) groups excluding carboxylic acids is 1. The van der Waals surface area contributed by atoms with Crippen molar-refractivity contribution in [3.8, 4) is 0 Å². The van der Waals surface area contributed by atoms with Gasteiger partial charge in [0.2, 0.25) is 11.5 Å². The highest BCUT2D eigenvalue weighted by Crippen LogP contribution is 2.31. The van der Waals surface area contributed by atoms with E-state index in [4.69, 9.17) is 16.3 Å². The van der Waals surface area contributed by atoms with E-state index >= 15 is 0 Å². The van der Waals surface area contributed by atoms with Crippen molar-refractivity contribution in [3.63, 3.8) is 0 Å². The highest BCUT2D eigenvalue weighted by atomic mass is 35.5. The Morgan fingerprint density at radius 1 is 1.17 bits per heavy atom. The number of hydrogen-bond acceptors (Lipinski definition) is 7. The number of esters is 1. The summed E-state index contributed by atoms with van der Waals surface area (Å²) in [6.45, 7) is 2.03. The molecule has 0 aliphatic carbocycles. The first-order chi connectivity index (χ1) is 14.5. The lowest BCUT2D eigenvalue weighted by atomic mass is 10.0. The lowest BCUT2D eigenvalue weighted by molar-refractivity contribution is -0.389. The Morgan fingerprint density at radius 3 is 2.50 bits per heavy atom. The van der Waals surface area contributed by atoms with Crippen molar-refractivity contribution in [3.05, 3.63) is 69.4 Å². The molecule has 9 nitrogen and oxygen atoms in total. The predicted molar refractivity (Wildman–Crippen MR) is 112 cm³/mol. The standard InChI is InChI=1S/C20H20ClN5O4/c1-30-20(27)17(14-5-7-15(21)8-6-14)23-10-12-24(13-11-23)18-19(26(28)29)25-9-3-2-4-16(25)22-18/h2-9,17H,10-13H2,1H3. The maximum absolute atomic E-state index is 12.5. The molecular formula is C20H20ClN5O4. The molecule has 0 bridgehead atoms. The number of anilines is 1. The second kappa shape index (κ2) is 8.29. The molecule has 156 valence electrons. The first-order valence-electron chi connectivity index (χ1n) is 9.43. The minimum Gasteiger partial charge on any atom is -0.468 e. The average Bonchev–Trinajstić information content (AvgIpc) is 3.15. The molecular weight excluding hydrogens is 410 g/mol. The topological polar surface area (TPSA) is 93.2 Å². The largest absolute Gasteiger partial charge is 0.468 e. The van der Waals surface area contributed by atoms with E-state index in [1.807, 2.05) is 21.9 Å². The molecule has 1 fully saturated rings. The number of carbonyl (C=O) groups is 1. The first kappa shape index (κ1) is 20.1. The van der Waals surface area contributed by atoms with Gasteiger partial charge in [0, 0.05) is 37.3 Å². The molecule has 1 saturated heterocycles. The van der Waals surface area contributed by atoms with Crippen molar-refractivity contribution in [1.82, 2.24) is 14.3 Å². The Kier molecular flexibility index (Phi) is 5.56. The van der Waals surface area contributed by atoms with Crippen LogP contribution in [0.5, 0.6) is 0 Å². The number of ether oxygens (including phenoxy) is 1. The van der Waals surface area contributed by atoms with Crippen molar-refractivity contribution in [1.29, 1.82) is 0 Å². The van der Waals surface area contributed by atoms with E-state index in [0.29, 0.717) is 42.7 Å². The number of aromatic nitrogens is 2. The molecule has 0 amide bonds. The van der Waals surface area contributed by atoms with Crippen LogP contribution in [-0.4, -0.2) is 58.5 Å². The van der Waals surface area contributed by atoms with Crippen molar-refractivity contribution < 1.29 is 14.5 Å². The summed E-state index contributed by atoms with van der Waals surface area (Å²) in [5.74, 6) is -0.0716. The molecule has 1 atom stereocenters. The lowest BCUT2D eigenvalue weighted by Gasteiger charge is -2.38. The third-order valence-corrected chi connectivity index (χ3v) is 5.50. The van der Waals surface area contributed by atoms with Gasteiger partial charge >= 0.3 is 11.8 Å². The van der Waals surface area contributed by atoms with Crippen molar-refractivity contribution in [2.24, 2.45) is 0 Å². The van der Waals surface area contributed by atoms with Gasteiger partial charge in [-0.1, -0.05) is 29.8 Å². The van der Waals surface area contributed by atoms with Gasteiger partial charge in [-0.3, -0.25) is 4.90 Å². The Hall–Kier alpha value is -3.17. The minimum absolute atomic E-state index is 0.0544. The van der Waals surface area contributed by atoms with Crippen LogP contribution in [0.2, 0.25) is 5.02 Å². The van der Waals surface area contributed by atoms with E-state index in [2.05, 4.69) is 4.98 Å². The van der Waals surface area contributed by atoms with Crippen molar-refractivity contribution >= 4 is 34.9 Å².